The van der Waals surface area contributed by atoms with Gasteiger partial charge in [-0.05, 0) is 49.2 Å². The summed E-state index contributed by atoms with van der Waals surface area (Å²) in [6.45, 7) is 2.18. The summed E-state index contributed by atoms with van der Waals surface area (Å²) in [5.74, 6) is 0. The van der Waals surface area contributed by atoms with E-state index in [0.29, 0.717) is 0 Å². The Hall–Kier alpha value is -2.43. The quantitative estimate of drug-likeness (QED) is 0.300. The zero-order chi connectivity index (χ0) is 19.5. The van der Waals surface area contributed by atoms with Crippen molar-refractivity contribution in [3.63, 3.8) is 0 Å². The van der Waals surface area contributed by atoms with Gasteiger partial charge in [-0.25, -0.2) is 0 Å². The first-order valence-corrected chi connectivity index (χ1v) is 12.2. The zero-order valence-corrected chi connectivity index (χ0v) is 17.6. The van der Waals surface area contributed by atoms with E-state index in [1.165, 1.54) is 15.9 Å². The molecule has 142 valence electrons. The third kappa shape index (κ3) is 4.89. The molecule has 0 nitrogen and oxygen atoms in total. The molecule has 28 heavy (non-hydrogen) atoms. The fraction of sp³-hybridized carbons (Fsp3) is 0.185. The summed E-state index contributed by atoms with van der Waals surface area (Å²) in [4.78, 5) is 0. The molecule has 0 radical (unpaired) electrons. The minimum absolute atomic E-state index is 1.03. The molecule has 0 aliphatic heterocycles. The van der Waals surface area contributed by atoms with Crippen molar-refractivity contribution >= 4 is 23.2 Å². The Morgan fingerprint density at radius 2 is 1.00 bits per heavy atom. The molecule has 0 unspecified atom stereocenters. The molecule has 0 heterocycles. The standard InChI is InChI=1S/C27H30P/c1-2-3-4-5-6-7-17-24-28(25-18-11-8-12-19-25,26-20-13-9-14-21-26)27-22-15-10-16-23-27/h3-4,6-16,18-23H,2,5,17,24H2,1H3/q+1/b4-3-,7-6-. The predicted octanol–water partition coefficient (Wildman–Crippen LogP) is 6.28. The van der Waals surface area contributed by atoms with Crippen molar-refractivity contribution in [1.82, 2.24) is 0 Å². The highest BCUT2D eigenvalue weighted by molar-refractivity contribution is 7.95. The first-order valence-electron chi connectivity index (χ1n) is 10.2. The SMILES string of the molecule is CC/C=C\C/C=C\CC[P+](c1ccccc1)(c1ccccc1)c1ccccc1. The first kappa shape index (κ1) is 20.3. The maximum absolute atomic E-state index is 2.36. The summed E-state index contributed by atoms with van der Waals surface area (Å²) in [6, 6.07) is 33.4. The van der Waals surface area contributed by atoms with Gasteiger partial charge in [0, 0.05) is 6.42 Å². The Labute approximate surface area is 171 Å². The van der Waals surface area contributed by atoms with Gasteiger partial charge in [0.2, 0.25) is 0 Å². The molecule has 0 saturated carbocycles. The highest BCUT2D eigenvalue weighted by Gasteiger charge is 2.44. The Morgan fingerprint density at radius 3 is 1.43 bits per heavy atom. The number of benzene rings is 3. The van der Waals surface area contributed by atoms with Crippen LogP contribution >= 0.6 is 7.26 Å². The fourth-order valence-corrected chi connectivity index (χ4v) is 7.95. The summed E-state index contributed by atoms with van der Waals surface area (Å²) in [7, 11) is -1.68. The molecule has 0 bridgehead atoms. The molecule has 0 fully saturated rings. The molecule has 0 saturated heterocycles. The van der Waals surface area contributed by atoms with Gasteiger partial charge in [0.1, 0.15) is 23.2 Å². The molecule has 3 rings (SSSR count). The fourth-order valence-electron chi connectivity index (χ4n) is 3.71. The predicted molar refractivity (Wildman–Crippen MR) is 128 cm³/mol. The Kier molecular flexibility index (Phi) is 7.82. The summed E-state index contributed by atoms with van der Waals surface area (Å²) in [5, 5.41) is 4.39. The number of rotatable bonds is 9. The largest absolute Gasteiger partial charge is 0.112 e. The molecule has 0 aliphatic rings. The van der Waals surface area contributed by atoms with E-state index >= 15 is 0 Å². The molecule has 3 aromatic rings. The third-order valence-corrected chi connectivity index (χ3v) is 9.53. The molecular formula is C27H30P+. The molecule has 0 N–H and O–H groups in total. The van der Waals surface area contributed by atoms with Crippen LogP contribution in [0.4, 0.5) is 0 Å². The lowest BCUT2D eigenvalue weighted by atomic mass is 10.3. The Morgan fingerprint density at radius 1 is 0.571 bits per heavy atom. The molecule has 1 heteroatoms. The van der Waals surface area contributed by atoms with Crippen LogP contribution in [0.2, 0.25) is 0 Å². The van der Waals surface area contributed by atoms with E-state index in [2.05, 4.69) is 122 Å². The maximum atomic E-state index is 2.36. The van der Waals surface area contributed by atoms with E-state index in [1.807, 2.05) is 0 Å². The lowest BCUT2D eigenvalue weighted by Crippen LogP contribution is -2.33. The van der Waals surface area contributed by atoms with Crippen LogP contribution < -0.4 is 15.9 Å². The highest BCUT2D eigenvalue weighted by atomic mass is 31.2. The maximum Gasteiger partial charge on any atom is 0.112 e. The monoisotopic (exact) mass is 385 g/mol. The molecule has 0 atom stereocenters. The van der Waals surface area contributed by atoms with Gasteiger partial charge in [-0.2, -0.15) is 0 Å². The van der Waals surface area contributed by atoms with Crippen molar-refractivity contribution in [2.45, 2.75) is 26.2 Å². The van der Waals surface area contributed by atoms with E-state index in [-0.39, 0.29) is 0 Å². The minimum atomic E-state index is -1.68. The topological polar surface area (TPSA) is 0 Å². The van der Waals surface area contributed by atoms with Crippen LogP contribution in [-0.2, 0) is 0 Å². The molecule has 0 aromatic heterocycles. The molecule has 3 aromatic carbocycles. The molecule has 0 spiro atoms. The van der Waals surface area contributed by atoms with Gasteiger partial charge in [-0.15, -0.1) is 0 Å². The van der Waals surface area contributed by atoms with Crippen LogP contribution in [0, 0.1) is 0 Å². The van der Waals surface area contributed by atoms with Crippen LogP contribution in [0.3, 0.4) is 0 Å². The van der Waals surface area contributed by atoms with E-state index in [4.69, 9.17) is 0 Å². The second-order valence-electron chi connectivity index (χ2n) is 6.92. The number of allylic oxidation sites excluding steroid dienone is 4. The molecular weight excluding hydrogens is 355 g/mol. The zero-order valence-electron chi connectivity index (χ0n) is 16.7. The summed E-state index contributed by atoms with van der Waals surface area (Å²) in [6.07, 6.45) is 13.5. The number of hydrogen-bond donors (Lipinski definition) is 0. The molecule has 0 amide bonds. The van der Waals surface area contributed by atoms with E-state index in [9.17, 15) is 0 Å². The van der Waals surface area contributed by atoms with Gasteiger partial charge in [0.05, 0.1) is 6.16 Å². The van der Waals surface area contributed by atoms with Crippen LogP contribution in [-0.4, -0.2) is 6.16 Å². The summed E-state index contributed by atoms with van der Waals surface area (Å²) in [5.41, 5.74) is 0. The Bertz CT molecular complexity index is 767. The van der Waals surface area contributed by atoms with Gasteiger partial charge in [-0.1, -0.05) is 85.8 Å². The van der Waals surface area contributed by atoms with Gasteiger partial charge in [0.25, 0.3) is 0 Å². The van der Waals surface area contributed by atoms with E-state index < -0.39 is 7.26 Å². The second kappa shape index (κ2) is 10.8. The average Bonchev–Trinajstić information content (AvgIpc) is 2.78. The lowest BCUT2D eigenvalue weighted by Gasteiger charge is -2.27. The highest BCUT2D eigenvalue weighted by Crippen LogP contribution is 2.55. The van der Waals surface area contributed by atoms with Crippen molar-refractivity contribution in [2.24, 2.45) is 0 Å². The van der Waals surface area contributed by atoms with Crippen molar-refractivity contribution in [2.75, 3.05) is 6.16 Å². The normalized spacial score (nSPS) is 12.0. The molecule has 0 aliphatic carbocycles. The van der Waals surface area contributed by atoms with E-state index in [1.54, 1.807) is 0 Å². The van der Waals surface area contributed by atoms with Gasteiger partial charge < -0.3 is 0 Å². The minimum Gasteiger partial charge on any atom is -0.0885 e. The average molecular weight is 386 g/mol. The summed E-state index contributed by atoms with van der Waals surface area (Å²) >= 11 is 0. The van der Waals surface area contributed by atoms with Crippen molar-refractivity contribution in [3.8, 4) is 0 Å². The Balaban J connectivity index is 2.00. The van der Waals surface area contributed by atoms with Crippen molar-refractivity contribution < 1.29 is 0 Å². The van der Waals surface area contributed by atoms with Gasteiger partial charge in [-0.3, -0.25) is 0 Å². The summed E-state index contributed by atoms with van der Waals surface area (Å²) < 4.78 is 0. The van der Waals surface area contributed by atoms with Crippen molar-refractivity contribution in [3.05, 3.63) is 115 Å². The van der Waals surface area contributed by atoms with Crippen LogP contribution in [0.5, 0.6) is 0 Å². The van der Waals surface area contributed by atoms with E-state index in [0.717, 1.165) is 25.4 Å². The van der Waals surface area contributed by atoms with Gasteiger partial charge in [0.15, 0.2) is 0 Å². The lowest BCUT2D eigenvalue weighted by molar-refractivity contribution is 1.18. The van der Waals surface area contributed by atoms with Crippen molar-refractivity contribution in [1.29, 1.82) is 0 Å². The van der Waals surface area contributed by atoms with Gasteiger partial charge >= 0.3 is 0 Å². The third-order valence-electron chi connectivity index (χ3n) is 5.06. The smallest absolute Gasteiger partial charge is 0.0885 e. The second-order valence-corrected chi connectivity index (χ2v) is 10.5. The van der Waals surface area contributed by atoms with Crippen LogP contribution in [0.1, 0.15) is 26.2 Å². The van der Waals surface area contributed by atoms with Crippen LogP contribution in [0.15, 0.2) is 115 Å². The van der Waals surface area contributed by atoms with Crippen LogP contribution in [0.25, 0.3) is 0 Å². The number of hydrogen-bond acceptors (Lipinski definition) is 0. The first-order chi connectivity index (χ1) is 13.9.